The van der Waals surface area contributed by atoms with Gasteiger partial charge in [-0.15, -0.1) is 11.3 Å². The largest absolute Gasteiger partial charge is 0.268 e. The van der Waals surface area contributed by atoms with Gasteiger partial charge in [-0.3, -0.25) is 9.59 Å². The number of rotatable bonds is 1. The number of anilines is 1. The van der Waals surface area contributed by atoms with Gasteiger partial charge in [-0.1, -0.05) is 12.1 Å². The third-order valence-corrected chi connectivity index (χ3v) is 3.37. The van der Waals surface area contributed by atoms with Gasteiger partial charge in [-0.05, 0) is 29.6 Å². The summed E-state index contributed by atoms with van der Waals surface area (Å²) < 4.78 is 0. The van der Waals surface area contributed by atoms with E-state index < -0.39 is 0 Å². The summed E-state index contributed by atoms with van der Waals surface area (Å²) in [6.07, 6.45) is 0. The van der Waals surface area contributed by atoms with Gasteiger partial charge in [0.2, 0.25) is 0 Å². The van der Waals surface area contributed by atoms with E-state index in [0.29, 0.717) is 16.1 Å². The summed E-state index contributed by atoms with van der Waals surface area (Å²) in [7, 11) is 0. The Balaban J connectivity index is 2.15. The summed E-state index contributed by atoms with van der Waals surface area (Å²) in [5.41, 5.74) is 0.974. The summed E-state index contributed by atoms with van der Waals surface area (Å²) in [4.78, 5) is 25.3. The first-order valence-electron chi connectivity index (χ1n) is 4.80. The molecule has 4 heteroatoms. The highest BCUT2D eigenvalue weighted by atomic mass is 32.1. The Labute approximate surface area is 95.9 Å². The fraction of sp³-hybridized carbons (Fsp3) is 0. The molecule has 0 bridgehead atoms. The van der Waals surface area contributed by atoms with E-state index in [0.717, 1.165) is 0 Å². The van der Waals surface area contributed by atoms with Crippen molar-refractivity contribution in [3.8, 4) is 0 Å². The van der Waals surface area contributed by atoms with Gasteiger partial charge in [0.05, 0.1) is 11.1 Å². The van der Waals surface area contributed by atoms with E-state index in [1.54, 1.807) is 30.3 Å². The maximum Gasteiger partial charge on any atom is 0.266 e. The standard InChI is InChI=1S/C12H7NO2S/c14-11-8-4-1-2-5-9(8)12(15)13(11)10-6-3-7-16-10/h1-7H. The van der Waals surface area contributed by atoms with E-state index in [1.807, 2.05) is 11.4 Å². The first-order valence-corrected chi connectivity index (χ1v) is 5.68. The summed E-state index contributed by atoms with van der Waals surface area (Å²) in [6.45, 7) is 0. The zero-order chi connectivity index (χ0) is 11.1. The van der Waals surface area contributed by atoms with Crippen molar-refractivity contribution in [3.05, 3.63) is 52.9 Å². The van der Waals surface area contributed by atoms with E-state index in [4.69, 9.17) is 0 Å². The fourth-order valence-corrected chi connectivity index (χ4v) is 2.51. The molecule has 3 rings (SSSR count). The van der Waals surface area contributed by atoms with Crippen LogP contribution >= 0.6 is 11.3 Å². The third-order valence-electron chi connectivity index (χ3n) is 2.52. The molecule has 0 atom stereocenters. The summed E-state index contributed by atoms with van der Waals surface area (Å²) in [5.74, 6) is -0.467. The van der Waals surface area contributed by atoms with Crippen molar-refractivity contribution < 1.29 is 9.59 Å². The van der Waals surface area contributed by atoms with Crippen LogP contribution in [0.15, 0.2) is 41.8 Å². The molecule has 0 unspecified atom stereocenters. The van der Waals surface area contributed by atoms with Crippen LogP contribution in [0.5, 0.6) is 0 Å². The number of fused-ring (bicyclic) bond motifs is 1. The predicted octanol–water partition coefficient (Wildman–Crippen LogP) is 2.55. The van der Waals surface area contributed by atoms with E-state index in [-0.39, 0.29) is 11.8 Å². The lowest BCUT2D eigenvalue weighted by Gasteiger charge is -2.09. The number of carbonyl (C=O) groups excluding carboxylic acids is 2. The predicted molar refractivity (Wildman–Crippen MR) is 61.9 cm³/mol. The molecule has 2 amide bonds. The van der Waals surface area contributed by atoms with Gasteiger partial charge in [0.1, 0.15) is 5.00 Å². The quantitative estimate of drug-likeness (QED) is 0.705. The molecule has 1 aromatic carbocycles. The highest BCUT2D eigenvalue weighted by molar-refractivity contribution is 7.14. The molecule has 0 saturated carbocycles. The smallest absolute Gasteiger partial charge is 0.266 e. The third kappa shape index (κ3) is 1.13. The van der Waals surface area contributed by atoms with Crippen LogP contribution in [0.2, 0.25) is 0 Å². The van der Waals surface area contributed by atoms with E-state index >= 15 is 0 Å². The van der Waals surface area contributed by atoms with Crippen LogP contribution in [0.1, 0.15) is 20.7 Å². The second kappa shape index (κ2) is 3.28. The second-order valence-corrected chi connectivity index (χ2v) is 4.37. The number of hydrogen-bond donors (Lipinski definition) is 0. The van der Waals surface area contributed by atoms with Gasteiger partial charge in [0.15, 0.2) is 0 Å². The molecule has 16 heavy (non-hydrogen) atoms. The molecule has 0 saturated heterocycles. The fourth-order valence-electron chi connectivity index (χ4n) is 1.79. The van der Waals surface area contributed by atoms with Gasteiger partial charge >= 0.3 is 0 Å². The van der Waals surface area contributed by atoms with Crippen LogP contribution < -0.4 is 4.90 Å². The molecule has 3 nitrogen and oxygen atoms in total. The monoisotopic (exact) mass is 229 g/mol. The van der Waals surface area contributed by atoms with Crippen LogP contribution in [0.25, 0.3) is 0 Å². The Morgan fingerprint density at radius 3 is 2.00 bits per heavy atom. The Bertz CT molecular complexity index is 539. The number of nitrogens with zero attached hydrogens (tertiary/aromatic N) is 1. The van der Waals surface area contributed by atoms with Gasteiger partial charge in [0, 0.05) is 0 Å². The molecule has 0 N–H and O–H groups in total. The summed E-state index contributed by atoms with van der Waals surface area (Å²) in [6, 6.07) is 10.5. The number of benzene rings is 1. The molecule has 2 aromatic rings. The molecule has 1 aliphatic rings. The SMILES string of the molecule is O=C1c2ccccc2C(=O)N1c1cccs1. The zero-order valence-electron chi connectivity index (χ0n) is 8.21. The Kier molecular flexibility index (Phi) is 1.91. The lowest BCUT2D eigenvalue weighted by Crippen LogP contribution is -2.28. The molecule has 0 spiro atoms. The molecule has 1 aliphatic heterocycles. The van der Waals surface area contributed by atoms with Crippen molar-refractivity contribution in [1.29, 1.82) is 0 Å². The maximum absolute atomic E-state index is 12.0. The topological polar surface area (TPSA) is 37.4 Å². The summed E-state index contributed by atoms with van der Waals surface area (Å²) in [5, 5.41) is 2.52. The van der Waals surface area contributed by atoms with Crippen LogP contribution in [0.4, 0.5) is 5.00 Å². The number of carbonyl (C=O) groups is 2. The van der Waals surface area contributed by atoms with Gasteiger partial charge in [0.25, 0.3) is 11.8 Å². The average Bonchev–Trinajstić information content (AvgIpc) is 2.89. The first-order chi connectivity index (χ1) is 7.79. The van der Waals surface area contributed by atoms with Crippen molar-refractivity contribution in [1.82, 2.24) is 0 Å². The minimum Gasteiger partial charge on any atom is -0.268 e. The molecule has 0 aliphatic carbocycles. The molecule has 0 radical (unpaired) electrons. The minimum absolute atomic E-state index is 0.233. The molecule has 2 heterocycles. The Hall–Kier alpha value is -1.94. The zero-order valence-corrected chi connectivity index (χ0v) is 9.03. The Morgan fingerprint density at radius 2 is 1.50 bits per heavy atom. The number of imide groups is 1. The van der Waals surface area contributed by atoms with Crippen molar-refractivity contribution >= 4 is 28.2 Å². The number of amides is 2. The van der Waals surface area contributed by atoms with Gasteiger partial charge in [-0.25, -0.2) is 4.90 Å². The van der Waals surface area contributed by atoms with E-state index in [1.165, 1.54) is 16.2 Å². The highest BCUT2D eigenvalue weighted by Crippen LogP contribution is 2.30. The first kappa shape index (κ1) is 9.30. The van der Waals surface area contributed by atoms with Crippen molar-refractivity contribution in [2.75, 3.05) is 4.90 Å². The normalized spacial score (nSPS) is 14.4. The average molecular weight is 229 g/mol. The van der Waals surface area contributed by atoms with Crippen molar-refractivity contribution in [2.45, 2.75) is 0 Å². The second-order valence-electron chi connectivity index (χ2n) is 3.44. The number of hydrogen-bond acceptors (Lipinski definition) is 3. The molecule has 1 aromatic heterocycles. The molecule has 0 fully saturated rings. The van der Waals surface area contributed by atoms with Gasteiger partial charge < -0.3 is 0 Å². The van der Waals surface area contributed by atoms with E-state index in [2.05, 4.69) is 0 Å². The van der Waals surface area contributed by atoms with Crippen LogP contribution in [0.3, 0.4) is 0 Å². The van der Waals surface area contributed by atoms with Crippen molar-refractivity contribution in [3.63, 3.8) is 0 Å². The highest BCUT2D eigenvalue weighted by Gasteiger charge is 2.36. The van der Waals surface area contributed by atoms with Crippen molar-refractivity contribution in [2.24, 2.45) is 0 Å². The lowest BCUT2D eigenvalue weighted by atomic mass is 10.1. The van der Waals surface area contributed by atoms with Crippen LogP contribution in [-0.2, 0) is 0 Å². The molecule has 78 valence electrons. The van der Waals surface area contributed by atoms with Crippen LogP contribution in [-0.4, -0.2) is 11.8 Å². The minimum atomic E-state index is -0.233. The lowest BCUT2D eigenvalue weighted by molar-refractivity contribution is 0.0927. The van der Waals surface area contributed by atoms with Crippen LogP contribution in [0, 0.1) is 0 Å². The number of thiophene rings is 1. The Morgan fingerprint density at radius 1 is 0.875 bits per heavy atom. The molecular weight excluding hydrogens is 222 g/mol. The van der Waals surface area contributed by atoms with E-state index in [9.17, 15) is 9.59 Å². The maximum atomic E-state index is 12.0. The van der Waals surface area contributed by atoms with Gasteiger partial charge in [-0.2, -0.15) is 0 Å². The summed E-state index contributed by atoms with van der Waals surface area (Å²) >= 11 is 1.38. The molecular formula is C12H7NO2S.